The molecule has 28 heavy (non-hydrogen) atoms. The Morgan fingerprint density at radius 3 is 2.96 bits per heavy atom. The summed E-state index contributed by atoms with van der Waals surface area (Å²) in [5.41, 5.74) is 2.25. The number of piperidine rings is 1. The van der Waals surface area contributed by atoms with Gasteiger partial charge in [-0.2, -0.15) is 0 Å². The normalized spacial score (nSPS) is 16.9. The summed E-state index contributed by atoms with van der Waals surface area (Å²) in [6.07, 6.45) is 1.80. The Balaban J connectivity index is 1.54. The second-order valence-electron chi connectivity index (χ2n) is 6.89. The number of rotatable bonds is 4. The number of ether oxygens (including phenoxy) is 1. The average Bonchev–Trinajstić information content (AvgIpc) is 3.07. The highest BCUT2D eigenvalue weighted by Gasteiger charge is 2.25. The fourth-order valence-corrected chi connectivity index (χ4v) is 3.97. The van der Waals surface area contributed by atoms with E-state index >= 15 is 0 Å². The highest BCUT2D eigenvalue weighted by atomic mass is 32.1. The number of hydrogen-bond acceptors (Lipinski definition) is 4. The summed E-state index contributed by atoms with van der Waals surface area (Å²) in [6.45, 7) is 1.55. The molecule has 0 saturated carbocycles. The smallest absolute Gasteiger partial charge is 0.253 e. The summed E-state index contributed by atoms with van der Waals surface area (Å²) in [4.78, 5) is 20.9. The molecule has 146 valence electrons. The Morgan fingerprint density at radius 2 is 2.14 bits per heavy atom. The number of fused-ring (bicyclic) bond motifs is 1. The van der Waals surface area contributed by atoms with Crippen molar-refractivity contribution in [1.29, 1.82) is 0 Å². The maximum atomic E-state index is 13.9. The molecule has 0 aliphatic carbocycles. The second kappa shape index (κ2) is 7.63. The van der Waals surface area contributed by atoms with Crippen LogP contribution in [0.5, 0.6) is 5.75 Å². The van der Waals surface area contributed by atoms with Gasteiger partial charge < -0.3 is 24.9 Å². The lowest BCUT2D eigenvalue weighted by atomic mass is 10.0. The van der Waals surface area contributed by atoms with Crippen molar-refractivity contribution in [1.82, 2.24) is 15.3 Å². The molecule has 1 aliphatic rings. The van der Waals surface area contributed by atoms with Crippen LogP contribution in [0.3, 0.4) is 0 Å². The number of amides is 1. The number of nitrogens with zero attached hydrogens (tertiary/aromatic N) is 1. The number of aromatic nitrogens is 2. The van der Waals surface area contributed by atoms with Gasteiger partial charge in [0.25, 0.3) is 5.91 Å². The topological polar surface area (TPSA) is 73.2 Å². The fourth-order valence-electron chi connectivity index (χ4n) is 3.75. The highest BCUT2D eigenvalue weighted by molar-refractivity contribution is 7.71. The van der Waals surface area contributed by atoms with E-state index in [2.05, 4.69) is 20.2 Å². The van der Waals surface area contributed by atoms with Crippen molar-refractivity contribution in [3.05, 3.63) is 52.5 Å². The lowest BCUT2D eigenvalue weighted by Gasteiger charge is -2.35. The maximum absolute atomic E-state index is 13.9. The predicted molar refractivity (Wildman–Crippen MR) is 109 cm³/mol. The number of halogens is 1. The lowest BCUT2D eigenvalue weighted by Crippen LogP contribution is -2.48. The molecular weight excluding hydrogens is 379 g/mol. The van der Waals surface area contributed by atoms with Crippen LogP contribution in [0.15, 0.2) is 36.4 Å². The van der Waals surface area contributed by atoms with Gasteiger partial charge in [0.2, 0.25) is 0 Å². The molecule has 8 heteroatoms. The number of nitrogens with one attached hydrogen (secondary N) is 3. The fraction of sp³-hybridized carbons (Fsp3) is 0.300. The third-order valence-electron chi connectivity index (χ3n) is 5.02. The van der Waals surface area contributed by atoms with Crippen molar-refractivity contribution in [3.63, 3.8) is 0 Å². The molecule has 1 unspecified atom stereocenters. The first kappa shape index (κ1) is 18.5. The van der Waals surface area contributed by atoms with Gasteiger partial charge in [0.15, 0.2) is 4.77 Å². The molecule has 4 rings (SSSR count). The summed E-state index contributed by atoms with van der Waals surface area (Å²) in [6, 6.07) is 10.3. The van der Waals surface area contributed by atoms with E-state index in [0.29, 0.717) is 22.3 Å². The number of imidazole rings is 1. The van der Waals surface area contributed by atoms with Gasteiger partial charge >= 0.3 is 0 Å². The van der Waals surface area contributed by atoms with E-state index in [1.165, 1.54) is 12.1 Å². The molecule has 0 bridgehead atoms. The Hall–Kier alpha value is -2.87. The number of H-pyrrole nitrogens is 2. The zero-order chi connectivity index (χ0) is 19.7. The van der Waals surface area contributed by atoms with Gasteiger partial charge in [-0.1, -0.05) is 12.1 Å². The minimum atomic E-state index is -0.484. The molecule has 2 aromatic carbocycles. The Kier molecular flexibility index (Phi) is 5.04. The predicted octanol–water partition coefficient (Wildman–Crippen LogP) is 3.77. The van der Waals surface area contributed by atoms with Crippen molar-refractivity contribution < 1.29 is 13.9 Å². The molecule has 1 fully saturated rings. The van der Waals surface area contributed by atoms with E-state index in [9.17, 15) is 9.18 Å². The van der Waals surface area contributed by atoms with E-state index < -0.39 is 5.82 Å². The summed E-state index contributed by atoms with van der Waals surface area (Å²) in [5.74, 6) is 0.00466. The minimum Gasteiger partial charge on any atom is -0.495 e. The van der Waals surface area contributed by atoms with Gasteiger partial charge in [-0.05, 0) is 49.3 Å². The van der Waals surface area contributed by atoms with Crippen LogP contribution in [0.25, 0.3) is 11.0 Å². The van der Waals surface area contributed by atoms with E-state index in [4.69, 9.17) is 17.0 Å². The molecule has 1 atom stereocenters. The Labute approximate surface area is 166 Å². The largest absolute Gasteiger partial charge is 0.495 e. The maximum Gasteiger partial charge on any atom is 0.253 e. The number of benzene rings is 2. The van der Waals surface area contributed by atoms with Crippen molar-refractivity contribution in [2.24, 2.45) is 0 Å². The molecule has 1 aliphatic heterocycles. The van der Waals surface area contributed by atoms with Crippen molar-refractivity contribution in [3.8, 4) is 5.75 Å². The number of para-hydroxylation sites is 2. The van der Waals surface area contributed by atoms with Crippen LogP contribution in [0.4, 0.5) is 10.1 Å². The highest BCUT2D eigenvalue weighted by Crippen LogP contribution is 2.30. The van der Waals surface area contributed by atoms with Crippen LogP contribution in [-0.4, -0.2) is 42.1 Å². The number of anilines is 1. The lowest BCUT2D eigenvalue weighted by molar-refractivity contribution is 0.0934. The van der Waals surface area contributed by atoms with Crippen LogP contribution in [0.2, 0.25) is 0 Å². The van der Waals surface area contributed by atoms with Crippen LogP contribution >= 0.6 is 12.2 Å². The quantitative estimate of drug-likeness (QED) is 0.583. The number of carbonyl (C=O) groups excluding carboxylic acids is 1. The van der Waals surface area contributed by atoms with Crippen LogP contribution in [0, 0.1) is 10.6 Å². The van der Waals surface area contributed by atoms with Gasteiger partial charge in [-0.15, -0.1) is 0 Å². The SMILES string of the molecule is COc1ccccc1N1CCCC(NC(=O)c2cc(F)cc3[nH]c(=S)[nH]c23)C1. The average molecular weight is 400 g/mol. The van der Waals surface area contributed by atoms with Crippen LogP contribution in [-0.2, 0) is 0 Å². The number of aromatic amines is 2. The molecule has 1 saturated heterocycles. The van der Waals surface area contributed by atoms with Gasteiger partial charge in [-0.25, -0.2) is 4.39 Å². The molecule has 6 nitrogen and oxygen atoms in total. The second-order valence-corrected chi connectivity index (χ2v) is 7.29. The third kappa shape index (κ3) is 3.60. The summed E-state index contributed by atoms with van der Waals surface area (Å²) >= 11 is 5.07. The monoisotopic (exact) mass is 400 g/mol. The zero-order valence-electron chi connectivity index (χ0n) is 15.4. The molecule has 1 amide bonds. The molecular formula is C20H21FN4O2S. The number of methoxy groups -OCH3 is 1. The first-order valence-electron chi connectivity index (χ1n) is 9.15. The van der Waals surface area contributed by atoms with Crippen molar-refractivity contribution >= 4 is 34.8 Å². The summed E-state index contributed by atoms with van der Waals surface area (Å²) in [7, 11) is 1.65. The number of hydrogen-bond donors (Lipinski definition) is 3. The third-order valence-corrected chi connectivity index (χ3v) is 5.22. The van der Waals surface area contributed by atoms with Gasteiger partial charge in [0, 0.05) is 19.1 Å². The minimum absolute atomic E-state index is 0.0496. The Morgan fingerprint density at radius 1 is 1.32 bits per heavy atom. The molecule has 1 aromatic heterocycles. The van der Waals surface area contributed by atoms with E-state index in [1.807, 2.05) is 24.3 Å². The molecule has 2 heterocycles. The van der Waals surface area contributed by atoms with Crippen LogP contribution < -0.4 is 15.0 Å². The first-order valence-corrected chi connectivity index (χ1v) is 9.56. The summed E-state index contributed by atoms with van der Waals surface area (Å²) < 4.78 is 19.8. The molecule has 3 aromatic rings. The van der Waals surface area contributed by atoms with Gasteiger partial charge in [0.05, 0.1) is 29.4 Å². The van der Waals surface area contributed by atoms with E-state index in [1.54, 1.807) is 7.11 Å². The van der Waals surface area contributed by atoms with E-state index in [-0.39, 0.29) is 17.5 Å². The van der Waals surface area contributed by atoms with Crippen molar-refractivity contribution in [2.45, 2.75) is 18.9 Å². The zero-order valence-corrected chi connectivity index (χ0v) is 16.2. The first-order chi connectivity index (χ1) is 13.5. The molecule has 3 N–H and O–H groups in total. The van der Waals surface area contributed by atoms with Crippen molar-refractivity contribution in [2.75, 3.05) is 25.1 Å². The Bertz CT molecular complexity index is 1080. The number of carbonyl (C=O) groups is 1. The molecule has 0 spiro atoms. The van der Waals surface area contributed by atoms with E-state index in [0.717, 1.165) is 30.8 Å². The standard InChI is InChI=1S/C20H21FN4O2S/c1-27-17-7-3-2-6-16(17)25-8-4-5-13(11-25)22-19(26)14-9-12(21)10-15-18(14)24-20(28)23-15/h2-3,6-7,9-10,13H,4-5,8,11H2,1H3,(H,22,26)(H2,23,24,28). The van der Waals surface area contributed by atoms with Gasteiger partial charge in [-0.3, -0.25) is 4.79 Å². The summed E-state index contributed by atoms with van der Waals surface area (Å²) in [5, 5.41) is 3.05. The van der Waals surface area contributed by atoms with Gasteiger partial charge in [0.1, 0.15) is 11.6 Å². The molecule has 0 radical (unpaired) electrons. The van der Waals surface area contributed by atoms with Crippen LogP contribution in [0.1, 0.15) is 23.2 Å².